The van der Waals surface area contributed by atoms with Crippen molar-refractivity contribution in [2.75, 3.05) is 5.32 Å². The number of hydrogen-bond donors (Lipinski definition) is 1. The Morgan fingerprint density at radius 3 is 2.50 bits per heavy atom. The molecular formula is C19H24BrN5O. The Balaban J connectivity index is 1.30. The van der Waals surface area contributed by atoms with Crippen LogP contribution in [0.1, 0.15) is 44.2 Å². The van der Waals surface area contributed by atoms with Gasteiger partial charge in [0.1, 0.15) is 6.54 Å². The largest absolute Gasteiger partial charge is 0.308 e. The predicted octanol–water partition coefficient (Wildman–Crippen LogP) is 3.71. The Morgan fingerprint density at radius 2 is 1.92 bits per heavy atom. The highest BCUT2D eigenvalue weighted by molar-refractivity contribution is 9.10. The van der Waals surface area contributed by atoms with Crippen LogP contribution in [-0.2, 0) is 16.9 Å². The molecule has 0 aromatic carbocycles. The molecule has 6 nitrogen and oxygen atoms in total. The lowest BCUT2D eigenvalue weighted by Crippen LogP contribution is -2.52. The number of nitrogens with one attached hydrogen (secondary N) is 1. The summed E-state index contributed by atoms with van der Waals surface area (Å²) in [4.78, 5) is 12.4. The summed E-state index contributed by atoms with van der Waals surface area (Å²) in [6, 6.07) is 1.93. The fourth-order valence-electron chi connectivity index (χ4n) is 5.90. The van der Waals surface area contributed by atoms with Crippen LogP contribution in [0.5, 0.6) is 0 Å². The van der Waals surface area contributed by atoms with Crippen LogP contribution < -0.4 is 5.32 Å². The highest BCUT2D eigenvalue weighted by Gasteiger charge is 2.52. The van der Waals surface area contributed by atoms with Gasteiger partial charge in [-0.15, -0.1) is 0 Å². The summed E-state index contributed by atoms with van der Waals surface area (Å²) in [7, 11) is 0. The number of nitrogens with zero attached hydrogens (tertiary/aromatic N) is 4. The predicted molar refractivity (Wildman–Crippen MR) is 102 cm³/mol. The number of rotatable bonds is 4. The number of hydrogen-bond acceptors (Lipinski definition) is 3. The molecule has 4 bridgehead atoms. The smallest absolute Gasteiger partial charge is 0.247 e. The molecule has 0 aliphatic heterocycles. The lowest BCUT2D eigenvalue weighted by Gasteiger charge is -2.56. The van der Waals surface area contributed by atoms with Crippen LogP contribution in [0.15, 0.2) is 22.9 Å². The van der Waals surface area contributed by atoms with Gasteiger partial charge in [-0.05, 0) is 79.1 Å². The summed E-state index contributed by atoms with van der Waals surface area (Å²) in [5.74, 6) is 3.19. The van der Waals surface area contributed by atoms with E-state index in [0.717, 1.165) is 27.9 Å². The molecule has 1 amide bonds. The van der Waals surface area contributed by atoms with Crippen LogP contribution >= 0.6 is 15.9 Å². The van der Waals surface area contributed by atoms with Gasteiger partial charge in [0.05, 0.1) is 21.9 Å². The molecule has 4 fully saturated rings. The minimum Gasteiger partial charge on any atom is -0.308 e. The molecule has 2 heterocycles. The first-order valence-electron chi connectivity index (χ1n) is 9.55. The molecule has 4 aliphatic carbocycles. The normalized spacial score (nSPS) is 32.2. The number of carbonyl (C=O) groups excluding carboxylic acids is 1. The van der Waals surface area contributed by atoms with E-state index in [1.807, 2.05) is 13.0 Å². The molecular weight excluding hydrogens is 394 g/mol. The number of aromatic nitrogens is 4. The van der Waals surface area contributed by atoms with Crippen molar-refractivity contribution < 1.29 is 4.79 Å². The molecule has 0 radical (unpaired) electrons. The van der Waals surface area contributed by atoms with Crippen molar-refractivity contribution >= 4 is 27.7 Å². The lowest BCUT2D eigenvalue weighted by molar-refractivity contribution is -0.117. The van der Waals surface area contributed by atoms with Crippen molar-refractivity contribution in [2.24, 2.45) is 17.8 Å². The summed E-state index contributed by atoms with van der Waals surface area (Å²) in [6.45, 7) is 2.13. The molecule has 2 aromatic rings. The Bertz CT molecular complexity index is 819. The first-order chi connectivity index (χ1) is 12.5. The van der Waals surface area contributed by atoms with Gasteiger partial charge in [-0.1, -0.05) is 0 Å². The van der Waals surface area contributed by atoms with Gasteiger partial charge in [0.15, 0.2) is 5.82 Å². The lowest BCUT2D eigenvalue weighted by atomic mass is 9.53. The summed E-state index contributed by atoms with van der Waals surface area (Å²) >= 11 is 3.42. The fourth-order valence-corrected chi connectivity index (χ4v) is 6.20. The average Bonchev–Trinajstić information content (AvgIpc) is 3.16. The van der Waals surface area contributed by atoms with Gasteiger partial charge in [-0.2, -0.15) is 10.2 Å². The van der Waals surface area contributed by atoms with Gasteiger partial charge in [-0.25, -0.2) is 0 Å². The molecule has 0 unspecified atom stereocenters. The molecule has 6 rings (SSSR count). The van der Waals surface area contributed by atoms with E-state index >= 15 is 0 Å². The molecule has 4 saturated carbocycles. The van der Waals surface area contributed by atoms with Crippen molar-refractivity contribution in [2.45, 2.75) is 57.5 Å². The third kappa shape index (κ3) is 2.71. The maximum atomic E-state index is 12.4. The molecule has 0 saturated heterocycles. The van der Waals surface area contributed by atoms with Crippen molar-refractivity contribution in [1.82, 2.24) is 19.6 Å². The second kappa shape index (κ2) is 5.94. The van der Waals surface area contributed by atoms with E-state index in [0.29, 0.717) is 5.82 Å². The summed E-state index contributed by atoms with van der Waals surface area (Å²) in [6.07, 6.45) is 11.8. The molecule has 26 heavy (non-hydrogen) atoms. The maximum absolute atomic E-state index is 12.4. The van der Waals surface area contributed by atoms with Gasteiger partial charge in [0.2, 0.25) is 5.91 Å². The topological polar surface area (TPSA) is 64.7 Å². The fraction of sp³-hybridized carbons (Fsp3) is 0.632. The summed E-state index contributed by atoms with van der Waals surface area (Å²) < 4.78 is 4.77. The van der Waals surface area contributed by atoms with E-state index in [9.17, 15) is 4.79 Å². The molecule has 7 heteroatoms. The van der Waals surface area contributed by atoms with E-state index in [-0.39, 0.29) is 18.0 Å². The second-order valence-electron chi connectivity index (χ2n) is 8.57. The maximum Gasteiger partial charge on any atom is 0.247 e. The van der Waals surface area contributed by atoms with Crippen LogP contribution in [0.25, 0.3) is 0 Å². The zero-order chi connectivity index (χ0) is 17.9. The molecule has 2 aromatic heterocycles. The molecule has 4 aliphatic rings. The quantitative estimate of drug-likeness (QED) is 0.823. The molecule has 0 spiro atoms. The molecule has 138 valence electrons. The first kappa shape index (κ1) is 16.5. The monoisotopic (exact) mass is 417 g/mol. The number of halogens is 1. The highest BCUT2D eigenvalue weighted by atomic mass is 79.9. The van der Waals surface area contributed by atoms with Crippen molar-refractivity contribution in [1.29, 1.82) is 0 Å². The highest BCUT2D eigenvalue weighted by Crippen LogP contribution is 2.58. The Hall–Kier alpha value is -1.63. The number of anilines is 1. The Labute approximate surface area is 161 Å². The standard InChI is InChI=1S/C19H24BrN5O/c1-12-16(20)10-21-24(12)11-18(26)22-17-2-3-25(23-17)19-7-13-4-14(8-19)6-15(5-13)9-19/h2-3,10,13-15H,4-9,11H2,1H3,(H,22,23,26). The van der Waals surface area contributed by atoms with Crippen molar-refractivity contribution in [3.8, 4) is 0 Å². The van der Waals surface area contributed by atoms with E-state index in [2.05, 4.69) is 37.2 Å². The summed E-state index contributed by atoms with van der Waals surface area (Å²) in [5.41, 5.74) is 1.14. The second-order valence-corrected chi connectivity index (χ2v) is 9.43. The van der Waals surface area contributed by atoms with Crippen LogP contribution in [0, 0.1) is 24.7 Å². The van der Waals surface area contributed by atoms with Gasteiger partial charge in [0.25, 0.3) is 0 Å². The average molecular weight is 418 g/mol. The van der Waals surface area contributed by atoms with Crippen LogP contribution in [0.3, 0.4) is 0 Å². The first-order valence-corrected chi connectivity index (χ1v) is 10.3. The van der Waals surface area contributed by atoms with Crippen molar-refractivity contribution in [3.05, 3.63) is 28.6 Å². The number of amides is 1. The van der Waals surface area contributed by atoms with E-state index < -0.39 is 0 Å². The minimum absolute atomic E-state index is 0.0977. The zero-order valence-electron chi connectivity index (χ0n) is 15.0. The van der Waals surface area contributed by atoms with Crippen LogP contribution in [0.2, 0.25) is 0 Å². The van der Waals surface area contributed by atoms with Crippen LogP contribution in [-0.4, -0.2) is 25.5 Å². The Kier molecular flexibility index (Phi) is 3.78. The molecule has 1 N–H and O–H groups in total. The Morgan fingerprint density at radius 1 is 1.27 bits per heavy atom. The van der Waals surface area contributed by atoms with E-state index in [1.165, 1.54) is 38.5 Å². The van der Waals surface area contributed by atoms with Gasteiger partial charge in [0, 0.05) is 12.3 Å². The van der Waals surface area contributed by atoms with Gasteiger partial charge in [-0.3, -0.25) is 14.2 Å². The summed E-state index contributed by atoms with van der Waals surface area (Å²) in [5, 5.41) is 11.9. The zero-order valence-corrected chi connectivity index (χ0v) is 16.6. The number of carbonyl (C=O) groups is 1. The SMILES string of the molecule is Cc1c(Br)cnn1CC(=O)Nc1ccn(C23CC4CC(CC(C4)C2)C3)n1. The molecule has 0 atom stereocenters. The van der Waals surface area contributed by atoms with Gasteiger partial charge < -0.3 is 5.32 Å². The van der Waals surface area contributed by atoms with E-state index in [4.69, 9.17) is 5.10 Å². The van der Waals surface area contributed by atoms with Crippen LogP contribution in [0.4, 0.5) is 5.82 Å². The van der Waals surface area contributed by atoms with E-state index in [1.54, 1.807) is 10.9 Å². The third-order valence-corrected chi connectivity index (χ3v) is 7.46. The minimum atomic E-state index is -0.0977. The van der Waals surface area contributed by atoms with Crippen molar-refractivity contribution in [3.63, 3.8) is 0 Å². The third-order valence-electron chi connectivity index (χ3n) is 6.69. The van der Waals surface area contributed by atoms with Gasteiger partial charge >= 0.3 is 0 Å².